The van der Waals surface area contributed by atoms with Crippen LogP contribution in [0.5, 0.6) is 0 Å². The van der Waals surface area contributed by atoms with E-state index in [2.05, 4.69) is 11.9 Å². The number of hydrogen-bond acceptors (Lipinski definition) is 3. The van der Waals surface area contributed by atoms with Crippen LogP contribution in [0.2, 0.25) is 0 Å². The van der Waals surface area contributed by atoms with Crippen LogP contribution in [0.25, 0.3) is 0 Å². The Morgan fingerprint density at radius 3 is 2.29 bits per heavy atom. The van der Waals surface area contributed by atoms with Crippen LogP contribution in [0, 0.1) is 13.8 Å². The van der Waals surface area contributed by atoms with Gasteiger partial charge in [-0.25, -0.2) is 8.42 Å². The summed E-state index contributed by atoms with van der Waals surface area (Å²) in [6, 6.07) is 21.1. The molecule has 1 N–H and O–H groups in total. The maximum atomic E-state index is 13.0. The van der Waals surface area contributed by atoms with Gasteiger partial charge in [0, 0.05) is 24.3 Å². The van der Waals surface area contributed by atoms with Crippen LogP contribution in [0.3, 0.4) is 0 Å². The first-order valence-electron chi connectivity index (χ1n) is 9.95. The molecule has 1 amide bonds. The summed E-state index contributed by atoms with van der Waals surface area (Å²) in [6.07, 6.45) is 1.56. The summed E-state index contributed by atoms with van der Waals surface area (Å²) >= 11 is 0. The zero-order chi connectivity index (χ0) is 22.4. The van der Waals surface area contributed by atoms with Crippen LogP contribution in [0.4, 0.5) is 5.69 Å². The number of hydrogen-bond donors (Lipinski definition) is 1. The van der Waals surface area contributed by atoms with Crippen LogP contribution < -0.4 is 5.32 Å². The molecular formula is C25H26N2O3S. The second-order valence-corrected chi connectivity index (χ2v) is 9.24. The highest BCUT2D eigenvalue weighted by Gasteiger charge is 2.23. The van der Waals surface area contributed by atoms with Crippen LogP contribution in [0.1, 0.15) is 27.0 Å². The lowest BCUT2D eigenvalue weighted by atomic mass is 10.1. The molecule has 0 radical (unpaired) electrons. The number of aryl methyl sites for hydroxylation is 1. The molecule has 0 aliphatic rings. The van der Waals surface area contributed by atoms with E-state index in [0.717, 1.165) is 22.4 Å². The molecule has 5 nitrogen and oxygen atoms in total. The number of benzene rings is 3. The fraction of sp³-hybridized carbons (Fsp3) is 0.160. The topological polar surface area (TPSA) is 66.5 Å². The lowest BCUT2D eigenvalue weighted by Crippen LogP contribution is -2.30. The van der Waals surface area contributed by atoms with E-state index in [0.29, 0.717) is 5.56 Å². The molecule has 0 bridgehead atoms. The van der Waals surface area contributed by atoms with E-state index in [1.165, 1.54) is 4.31 Å². The Balaban J connectivity index is 1.76. The number of rotatable bonds is 8. The predicted molar refractivity (Wildman–Crippen MR) is 125 cm³/mol. The Kier molecular flexibility index (Phi) is 7.05. The molecule has 0 atom stereocenters. The minimum absolute atomic E-state index is 0.183. The molecular weight excluding hydrogens is 408 g/mol. The summed E-state index contributed by atoms with van der Waals surface area (Å²) in [5, 5.41) is 2.94. The van der Waals surface area contributed by atoms with Gasteiger partial charge in [0.15, 0.2) is 0 Å². The van der Waals surface area contributed by atoms with Crippen molar-refractivity contribution in [2.75, 3.05) is 11.9 Å². The number of nitrogens with one attached hydrogen (secondary N) is 1. The smallest absolute Gasteiger partial charge is 0.255 e. The van der Waals surface area contributed by atoms with Gasteiger partial charge >= 0.3 is 0 Å². The molecule has 0 heterocycles. The summed E-state index contributed by atoms with van der Waals surface area (Å²) in [6.45, 7) is 8.02. The molecule has 0 unspecified atom stereocenters. The van der Waals surface area contributed by atoms with Gasteiger partial charge in [-0.15, -0.1) is 6.58 Å². The molecule has 6 heteroatoms. The van der Waals surface area contributed by atoms with Gasteiger partial charge in [-0.2, -0.15) is 4.31 Å². The summed E-state index contributed by atoms with van der Waals surface area (Å²) in [7, 11) is -3.65. The number of carbonyl (C=O) groups is 1. The number of amides is 1. The fourth-order valence-corrected chi connectivity index (χ4v) is 4.60. The molecule has 31 heavy (non-hydrogen) atoms. The zero-order valence-corrected chi connectivity index (χ0v) is 18.5. The Labute approximate surface area is 184 Å². The SMILES string of the molecule is C=CCN(Cc1ccc(C(=O)Nc2cccc(C)c2C)cc1)S(=O)(=O)c1ccccc1. The van der Waals surface area contributed by atoms with E-state index >= 15 is 0 Å². The summed E-state index contributed by atoms with van der Waals surface area (Å²) in [5.41, 5.74) is 4.20. The second kappa shape index (κ2) is 9.73. The predicted octanol–water partition coefficient (Wildman–Crippen LogP) is 4.93. The highest BCUT2D eigenvalue weighted by molar-refractivity contribution is 7.89. The van der Waals surface area contributed by atoms with Crippen molar-refractivity contribution in [2.45, 2.75) is 25.3 Å². The van der Waals surface area contributed by atoms with E-state index < -0.39 is 10.0 Å². The minimum atomic E-state index is -3.65. The zero-order valence-electron chi connectivity index (χ0n) is 17.7. The van der Waals surface area contributed by atoms with Gasteiger partial charge in [0.25, 0.3) is 5.91 Å². The molecule has 0 spiro atoms. The molecule has 160 valence electrons. The molecule has 3 aromatic carbocycles. The first-order valence-corrected chi connectivity index (χ1v) is 11.4. The third-order valence-corrected chi connectivity index (χ3v) is 6.97. The molecule has 0 aromatic heterocycles. The van der Waals surface area contributed by atoms with Crippen molar-refractivity contribution in [1.82, 2.24) is 4.31 Å². The van der Waals surface area contributed by atoms with Crippen molar-refractivity contribution >= 4 is 21.6 Å². The van der Waals surface area contributed by atoms with Crippen molar-refractivity contribution in [1.29, 1.82) is 0 Å². The standard InChI is InChI=1S/C25H26N2O3S/c1-4-17-27(31(29,30)23-10-6-5-7-11-23)18-21-13-15-22(16-14-21)25(28)26-24-12-8-9-19(2)20(24)3/h4-16H,1,17-18H2,2-3H3,(H,26,28). The van der Waals surface area contributed by atoms with Crippen molar-refractivity contribution in [3.8, 4) is 0 Å². The first kappa shape index (κ1) is 22.5. The molecule has 0 saturated carbocycles. The number of anilines is 1. The number of nitrogens with zero attached hydrogens (tertiary/aromatic N) is 1. The Morgan fingerprint density at radius 1 is 0.968 bits per heavy atom. The second-order valence-electron chi connectivity index (χ2n) is 7.30. The van der Waals surface area contributed by atoms with Crippen molar-refractivity contribution in [3.05, 3.63) is 108 Å². The highest BCUT2D eigenvalue weighted by Crippen LogP contribution is 2.21. The maximum absolute atomic E-state index is 13.0. The summed E-state index contributed by atoms with van der Waals surface area (Å²) < 4.78 is 27.3. The lowest BCUT2D eigenvalue weighted by molar-refractivity contribution is 0.102. The molecule has 3 rings (SSSR count). The molecule has 0 aliphatic heterocycles. The number of carbonyl (C=O) groups excluding carboxylic acids is 1. The third-order valence-electron chi connectivity index (χ3n) is 5.14. The highest BCUT2D eigenvalue weighted by atomic mass is 32.2. The Morgan fingerprint density at radius 2 is 1.65 bits per heavy atom. The van der Waals surface area contributed by atoms with Gasteiger partial charge in [0.2, 0.25) is 10.0 Å². The van der Waals surface area contributed by atoms with Crippen LogP contribution in [-0.2, 0) is 16.6 Å². The van der Waals surface area contributed by atoms with Crippen molar-refractivity contribution in [2.24, 2.45) is 0 Å². The van der Waals surface area contributed by atoms with E-state index in [4.69, 9.17) is 0 Å². The molecule has 3 aromatic rings. The largest absolute Gasteiger partial charge is 0.322 e. The summed E-state index contributed by atoms with van der Waals surface area (Å²) in [4.78, 5) is 12.9. The average molecular weight is 435 g/mol. The van der Waals surface area contributed by atoms with Crippen LogP contribution in [-0.4, -0.2) is 25.2 Å². The van der Waals surface area contributed by atoms with Crippen LogP contribution in [0.15, 0.2) is 90.3 Å². The van der Waals surface area contributed by atoms with Crippen molar-refractivity contribution in [3.63, 3.8) is 0 Å². The van der Waals surface area contributed by atoms with E-state index in [-0.39, 0.29) is 23.9 Å². The van der Waals surface area contributed by atoms with Gasteiger partial charge in [-0.1, -0.05) is 48.5 Å². The number of sulfonamides is 1. The quantitative estimate of drug-likeness (QED) is 0.511. The van der Waals surface area contributed by atoms with E-state index in [1.807, 2.05) is 32.0 Å². The molecule has 0 saturated heterocycles. The maximum Gasteiger partial charge on any atom is 0.255 e. The normalized spacial score (nSPS) is 11.3. The summed E-state index contributed by atoms with van der Waals surface area (Å²) in [5.74, 6) is -0.208. The minimum Gasteiger partial charge on any atom is -0.322 e. The molecule has 0 fully saturated rings. The van der Waals surface area contributed by atoms with E-state index in [1.54, 1.807) is 60.7 Å². The Hall–Kier alpha value is -3.22. The van der Waals surface area contributed by atoms with Gasteiger partial charge in [0.1, 0.15) is 0 Å². The van der Waals surface area contributed by atoms with Gasteiger partial charge < -0.3 is 5.32 Å². The van der Waals surface area contributed by atoms with Gasteiger partial charge in [0.05, 0.1) is 4.90 Å². The van der Waals surface area contributed by atoms with Crippen molar-refractivity contribution < 1.29 is 13.2 Å². The average Bonchev–Trinajstić information content (AvgIpc) is 2.77. The van der Waals surface area contributed by atoms with E-state index in [9.17, 15) is 13.2 Å². The Bertz CT molecular complexity index is 1170. The van der Waals surface area contributed by atoms with Crippen LogP contribution >= 0.6 is 0 Å². The monoisotopic (exact) mass is 434 g/mol. The fourth-order valence-electron chi connectivity index (χ4n) is 3.18. The third kappa shape index (κ3) is 5.29. The van der Waals surface area contributed by atoms with Gasteiger partial charge in [-0.3, -0.25) is 4.79 Å². The lowest BCUT2D eigenvalue weighted by Gasteiger charge is -2.21. The van der Waals surface area contributed by atoms with Gasteiger partial charge in [-0.05, 0) is 60.9 Å². The first-order chi connectivity index (χ1) is 14.8. The molecule has 0 aliphatic carbocycles.